The molecule has 1 unspecified atom stereocenters. The first-order chi connectivity index (χ1) is 9.43. The van der Waals surface area contributed by atoms with E-state index < -0.39 is 29.5 Å². The lowest BCUT2D eigenvalue weighted by atomic mass is 9.93. The van der Waals surface area contributed by atoms with Gasteiger partial charge in [-0.25, -0.2) is 18.0 Å². The number of hydrogen-bond acceptors (Lipinski definition) is 3. The number of nitrogens with one attached hydrogen (secondary N) is 1. The molecule has 0 bridgehead atoms. The van der Waals surface area contributed by atoms with Gasteiger partial charge in [0.15, 0.2) is 0 Å². The Morgan fingerprint density at radius 1 is 1.29 bits per heavy atom. The van der Waals surface area contributed by atoms with Crippen LogP contribution in [0.2, 0.25) is 0 Å². The van der Waals surface area contributed by atoms with Crippen molar-refractivity contribution < 1.29 is 22.7 Å². The molecule has 0 fully saturated rings. The highest BCUT2D eigenvalue weighted by atomic mass is 19.3. The topological polar surface area (TPSA) is 64.3 Å². The summed E-state index contributed by atoms with van der Waals surface area (Å²) in [4.78, 5) is 11.5. The average molecular weight is 304 g/mol. The standard InChI is InChI=1S/C14H19F3N2O2/c1-13(2,3)21-12(20)19-8-5-6-9(10(15)7-8)14(4,18)11(16)17/h5-7,11H,18H2,1-4H3,(H,19,20). The summed E-state index contributed by atoms with van der Waals surface area (Å²) in [7, 11) is 0. The zero-order valence-corrected chi connectivity index (χ0v) is 12.3. The summed E-state index contributed by atoms with van der Waals surface area (Å²) in [6, 6.07) is 3.33. The highest BCUT2D eigenvalue weighted by molar-refractivity contribution is 5.84. The summed E-state index contributed by atoms with van der Waals surface area (Å²) >= 11 is 0. The van der Waals surface area contributed by atoms with Gasteiger partial charge in [-0.2, -0.15) is 0 Å². The second kappa shape index (κ2) is 5.93. The van der Waals surface area contributed by atoms with E-state index in [0.29, 0.717) is 0 Å². The van der Waals surface area contributed by atoms with Gasteiger partial charge >= 0.3 is 6.09 Å². The van der Waals surface area contributed by atoms with E-state index in [1.807, 2.05) is 0 Å². The van der Waals surface area contributed by atoms with Crippen LogP contribution in [-0.4, -0.2) is 18.1 Å². The molecule has 0 heterocycles. The number of rotatable bonds is 3. The highest BCUT2D eigenvalue weighted by Gasteiger charge is 2.34. The molecule has 0 saturated carbocycles. The number of alkyl halides is 2. The Bertz CT molecular complexity index is 525. The molecule has 118 valence electrons. The van der Waals surface area contributed by atoms with Crippen molar-refractivity contribution in [2.45, 2.75) is 45.3 Å². The first-order valence-corrected chi connectivity index (χ1v) is 6.30. The summed E-state index contributed by atoms with van der Waals surface area (Å²) in [5.74, 6) is -0.922. The van der Waals surface area contributed by atoms with E-state index >= 15 is 0 Å². The number of hydrogen-bond donors (Lipinski definition) is 2. The van der Waals surface area contributed by atoms with Crippen LogP contribution in [0.15, 0.2) is 18.2 Å². The van der Waals surface area contributed by atoms with Crippen LogP contribution in [0.1, 0.15) is 33.3 Å². The maximum absolute atomic E-state index is 13.9. The molecule has 0 spiro atoms. The lowest BCUT2D eigenvalue weighted by molar-refractivity contribution is 0.0602. The molecule has 1 amide bonds. The van der Waals surface area contributed by atoms with E-state index in [4.69, 9.17) is 10.5 Å². The quantitative estimate of drug-likeness (QED) is 0.896. The number of amides is 1. The Morgan fingerprint density at radius 3 is 2.29 bits per heavy atom. The fourth-order valence-corrected chi connectivity index (χ4v) is 1.57. The average Bonchev–Trinajstić information content (AvgIpc) is 2.25. The largest absolute Gasteiger partial charge is 0.444 e. The van der Waals surface area contributed by atoms with Crippen molar-refractivity contribution in [1.29, 1.82) is 0 Å². The van der Waals surface area contributed by atoms with Gasteiger partial charge in [-0.1, -0.05) is 6.07 Å². The molecular formula is C14H19F3N2O2. The fraction of sp³-hybridized carbons (Fsp3) is 0.500. The predicted molar refractivity (Wildman–Crippen MR) is 73.8 cm³/mol. The zero-order chi connectivity index (χ0) is 16.4. The number of anilines is 1. The molecule has 1 aromatic rings. The SMILES string of the molecule is CC(C)(C)OC(=O)Nc1ccc(C(C)(N)C(F)F)c(F)c1. The van der Waals surface area contributed by atoms with Gasteiger partial charge in [-0.15, -0.1) is 0 Å². The van der Waals surface area contributed by atoms with Crippen LogP contribution >= 0.6 is 0 Å². The molecular weight excluding hydrogens is 285 g/mol. The number of carbonyl (C=O) groups excluding carboxylic acids is 1. The first-order valence-electron chi connectivity index (χ1n) is 6.30. The zero-order valence-electron chi connectivity index (χ0n) is 12.3. The van der Waals surface area contributed by atoms with Crippen molar-refractivity contribution in [2.24, 2.45) is 5.73 Å². The van der Waals surface area contributed by atoms with Crippen molar-refractivity contribution in [1.82, 2.24) is 0 Å². The normalized spacial score (nSPS) is 14.7. The van der Waals surface area contributed by atoms with Gasteiger partial charge in [0.05, 0.1) is 0 Å². The molecule has 21 heavy (non-hydrogen) atoms. The van der Waals surface area contributed by atoms with Crippen molar-refractivity contribution in [3.05, 3.63) is 29.6 Å². The molecule has 1 rings (SSSR count). The second-order valence-electron chi connectivity index (χ2n) is 5.90. The Morgan fingerprint density at radius 2 is 1.86 bits per heavy atom. The van der Waals surface area contributed by atoms with E-state index in [9.17, 15) is 18.0 Å². The van der Waals surface area contributed by atoms with Gasteiger partial charge in [-0.05, 0) is 39.8 Å². The van der Waals surface area contributed by atoms with Crippen LogP contribution in [0.5, 0.6) is 0 Å². The summed E-state index contributed by atoms with van der Waals surface area (Å²) in [5.41, 5.74) is 2.38. The van der Waals surface area contributed by atoms with Crippen molar-refractivity contribution in [3.8, 4) is 0 Å². The Hall–Kier alpha value is -1.76. The third kappa shape index (κ3) is 4.63. The maximum atomic E-state index is 13.9. The fourth-order valence-electron chi connectivity index (χ4n) is 1.57. The third-order valence-corrected chi connectivity index (χ3v) is 2.65. The predicted octanol–water partition coefficient (Wildman–Crippen LogP) is 3.61. The minimum atomic E-state index is -2.92. The lowest BCUT2D eigenvalue weighted by Gasteiger charge is -2.25. The summed E-state index contributed by atoms with van der Waals surface area (Å²) in [6.07, 6.45) is -3.68. The van der Waals surface area contributed by atoms with E-state index in [2.05, 4.69) is 5.32 Å². The van der Waals surface area contributed by atoms with Crippen molar-refractivity contribution >= 4 is 11.8 Å². The van der Waals surface area contributed by atoms with Gasteiger partial charge in [0.2, 0.25) is 0 Å². The van der Waals surface area contributed by atoms with Gasteiger partial charge in [0.1, 0.15) is 17.0 Å². The molecule has 0 saturated heterocycles. The molecule has 4 nitrogen and oxygen atoms in total. The van der Waals surface area contributed by atoms with E-state index in [0.717, 1.165) is 19.1 Å². The van der Waals surface area contributed by atoms with Crippen LogP contribution in [-0.2, 0) is 10.3 Å². The number of halogens is 3. The summed E-state index contributed by atoms with van der Waals surface area (Å²) < 4.78 is 44.5. The Balaban J connectivity index is 2.91. The Kier molecular flexibility index (Phi) is 4.88. The molecule has 0 aliphatic heterocycles. The van der Waals surface area contributed by atoms with Gasteiger partial charge < -0.3 is 10.5 Å². The van der Waals surface area contributed by atoms with E-state index in [-0.39, 0.29) is 11.3 Å². The van der Waals surface area contributed by atoms with Crippen molar-refractivity contribution in [3.63, 3.8) is 0 Å². The highest BCUT2D eigenvalue weighted by Crippen LogP contribution is 2.29. The summed E-state index contributed by atoms with van der Waals surface area (Å²) in [5, 5.41) is 2.32. The van der Waals surface area contributed by atoms with Crippen LogP contribution in [0.3, 0.4) is 0 Å². The molecule has 0 aromatic heterocycles. The Labute approximate surface area is 121 Å². The van der Waals surface area contributed by atoms with Gasteiger partial charge in [0.25, 0.3) is 6.43 Å². The minimum absolute atomic E-state index is 0.0931. The number of ether oxygens (including phenoxy) is 1. The number of nitrogens with two attached hydrogens (primary N) is 1. The van der Waals surface area contributed by atoms with E-state index in [1.165, 1.54) is 6.07 Å². The number of carbonyl (C=O) groups is 1. The molecule has 0 aliphatic rings. The maximum Gasteiger partial charge on any atom is 0.412 e. The van der Waals surface area contributed by atoms with Crippen LogP contribution < -0.4 is 11.1 Å². The molecule has 1 atom stereocenters. The number of benzene rings is 1. The smallest absolute Gasteiger partial charge is 0.412 e. The molecule has 0 radical (unpaired) electrons. The van der Waals surface area contributed by atoms with Crippen LogP contribution in [0.4, 0.5) is 23.7 Å². The lowest BCUT2D eigenvalue weighted by Crippen LogP contribution is -2.41. The van der Waals surface area contributed by atoms with Crippen LogP contribution in [0, 0.1) is 5.82 Å². The minimum Gasteiger partial charge on any atom is -0.444 e. The molecule has 0 aliphatic carbocycles. The molecule has 1 aromatic carbocycles. The van der Waals surface area contributed by atoms with E-state index in [1.54, 1.807) is 20.8 Å². The first kappa shape index (κ1) is 17.3. The monoisotopic (exact) mass is 304 g/mol. The van der Waals surface area contributed by atoms with Gasteiger partial charge in [0, 0.05) is 11.3 Å². The van der Waals surface area contributed by atoms with Crippen molar-refractivity contribution in [2.75, 3.05) is 5.32 Å². The molecule has 7 heteroatoms. The second-order valence-corrected chi connectivity index (χ2v) is 5.90. The third-order valence-electron chi connectivity index (χ3n) is 2.65. The van der Waals surface area contributed by atoms with Crippen LogP contribution in [0.25, 0.3) is 0 Å². The molecule has 3 N–H and O–H groups in total. The summed E-state index contributed by atoms with van der Waals surface area (Å²) in [6.45, 7) is 6.08. The van der Waals surface area contributed by atoms with Gasteiger partial charge in [-0.3, -0.25) is 5.32 Å².